The summed E-state index contributed by atoms with van der Waals surface area (Å²) in [5.41, 5.74) is 2.38. The quantitative estimate of drug-likeness (QED) is 0.414. The number of sulfonamides is 1. The van der Waals surface area contributed by atoms with Gasteiger partial charge in [0.1, 0.15) is 18.4 Å². The molecule has 0 aliphatic heterocycles. The smallest absolute Gasteiger partial charge is 0.244 e. The number of aryl methyl sites for hydroxylation is 1. The van der Waals surface area contributed by atoms with Crippen molar-refractivity contribution in [3.63, 3.8) is 0 Å². The molecule has 0 saturated carbocycles. The molecule has 7 nitrogen and oxygen atoms in total. The number of carbonyl (C=O) groups is 2. The average Bonchev–Trinajstić information content (AvgIpc) is 2.85. The maximum Gasteiger partial charge on any atom is 0.244 e. The summed E-state index contributed by atoms with van der Waals surface area (Å²) in [7, 11) is -4.02. The molecule has 0 spiro atoms. The van der Waals surface area contributed by atoms with Gasteiger partial charge in [-0.1, -0.05) is 72.3 Å². The van der Waals surface area contributed by atoms with Crippen LogP contribution in [-0.4, -0.2) is 50.5 Å². The van der Waals surface area contributed by atoms with Crippen molar-refractivity contribution in [2.45, 2.75) is 32.9 Å². The lowest BCUT2D eigenvalue weighted by atomic mass is 10.0. The zero-order valence-electron chi connectivity index (χ0n) is 21.2. The number of nitrogens with zero attached hydrogens (tertiary/aromatic N) is 2. The molecule has 0 saturated heterocycles. The monoisotopic (exact) mass is 525 g/mol. The van der Waals surface area contributed by atoms with Crippen molar-refractivity contribution < 1.29 is 22.4 Å². The second kappa shape index (κ2) is 12.5. The van der Waals surface area contributed by atoms with E-state index in [0.717, 1.165) is 33.3 Å². The molecule has 0 aromatic heterocycles. The van der Waals surface area contributed by atoms with Crippen LogP contribution in [0.3, 0.4) is 0 Å². The molecule has 3 aromatic carbocycles. The van der Waals surface area contributed by atoms with Crippen molar-refractivity contribution in [2.75, 3.05) is 23.7 Å². The van der Waals surface area contributed by atoms with E-state index in [4.69, 9.17) is 0 Å². The summed E-state index contributed by atoms with van der Waals surface area (Å²) in [4.78, 5) is 28.5. The Kier molecular flexibility index (Phi) is 9.41. The van der Waals surface area contributed by atoms with E-state index < -0.39 is 34.3 Å². The molecule has 1 unspecified atom stereocenters. The molecular weight excluding hydrogens is 493 g/mol. The molecule has 0 fully saturated rings. The van der Waals surface area contributed by atoms with Gasteiger partial charge < -0.3 is 10.2 Å². The van der Waals surface area contributed by atoms with Gasteiger partial charge in [-0.15, -0.1) is 0 Å². The molecular formula is C28H32FN3O4S. The Morgan fingerprint density at radius 3 is 2.22 bits per heavy atom. The fourth-order valence-electron chi connectivity index (χ4n) is 4.10. The predicted molar refractivity (Wildman–Crippen MR) is 143 cm³/mol. The third-order valence-electron chi connectivity index (χ3n) is 5.86. The zero-order valence-corrected chi connectivity index (χ0v) is 22.0. The van der Waals surface area contributed by atoms with Gasteiger partial charge >= 0.3 is 0 Å². The van der Waals surface area contributed by atoms with Crippen LogP contribution in [0.25, 0.3) is 0 Å². The fraction of sp³-hybridized carbons (Fsp3) is 0.286. The number of rotatable bonds is 11. The number of hydrogen-bond acceptors (Lipinski definition) is 4. The van der Waals surface area contributed by atoms with Crippen LogP contribution in [0.5, 0.6) is 0 Å². The molecule has 0 aliphatic carbocycles. The summed E-state index contributed by atoms with van der Waals surface area (Å²) in [6, 6.07) is 21.3. The number of benzene rings is 3. The molecule has 0 radical (unpaired) electrons. The van der Waals surface area contributed by atoms with E-state index in [9.17, 15) is 22.4 Å². The summed E-state index contributed by atoms with van der Waals surface area (Å²) in [6.45, 7) is 3.49. The third kappa shape index (κ3) is 7.63. The number of hydrogen-bond donors (Lipinski definition) is 1. The summed E-state index contributed by atoms with van der Waals surface area (Å²) in [5.74, 6) is -1.75. The van der Waals surface area contributed by atoms with Crippen LogP contribution in [0.4, 0.5) is 10.1 Å². The summed E-state index contributed by atoms with van der Waals surface area (Å²) >= 11 is 0. The zero-order chi connectivity index (χ0) is 27.0. The molecule has 1 atom stereocenters. The summed E-state index contributed by atoms with van der Waals surface area (Å²) in [6.07, 6.45) is 1.14. The SMILES string of the molecule is CCNC(=O)C(Cc1ccccc1)N(Cc1cccc(C)c1)C(=O)CN(c1ccccc1F)S(C)(=O)=O. The number of halogens is 1. The van der Waals surface area contributed by atoms with Gasteiger partial charge in [-0.3, -0.25) is 13.9 Å². The van der Waals surface area contributed by atoms with Crippen LogP contribution < -0.4 is 9.62 Å². The Hall–Kier alpha value is -3.72. The van der Waals surface area contributed by atoms with E-state index in [1.165, 1.54) is 23.1 Å². The van der Waals surface area contributed by atoms with Crippen molar-refractivity contribution in [2.24, 2.45) is 0 Å². The number of amides is 2. The number of anilines is 1. The van der Waals surface area contributed by atoms with Crippen molar-refractivity contribution >= 4 is 27.5 Å². The molecule has 0 bridgehead atoms. The van der Waals surface area contributed by atoms with E-state index in [1.54, 1.807) is 6.92 Å². The van der Waals surface area contributed by atoms with Gasteiger partial charge in [0.15, 0.2) is 0 Å². The van der Waals surface area contributed by atoms with E-state index in [2.05, 4.69) is 5.32 Å². The van der Waals surface area contributed by atoms with Gasteiger partial charge in [-0.25, -0.2) is 12.8 Å². The largest absolute Gasteiger partial charge is 0.355 e. The number of para-hydroxylation sites is 1. The molecule has 3 aromatic rings. The van der Waals surface area contributed by atoms with Crippen LogP contribution in [-0.2, 0) is 32.6 Å². The van der Waals surface area contributed by atoms with Crippen molar-refractivity contribution in [1.29, 1.82) is 0 Å². The lowest BCUT2D eigenvalue weighted by molar-refractivity contribution is -0.140. The summed E-state index contributed by atoms with van der Waals surface area (Å²) in [5, 5.41) is 2.80. The van der Waals surface area contributed by atoms with E-state index >= 15 is 0 Å². The first-order valence-corrected chi connectivity index (χ1v) is 13.8. The van der Waals surface area contributed by atoms with Gasteiger partial charge in [0.2, 0.25) is 21.8 Å². The molecule has 9 heteroatoms. The molecule has 2 amide bonds. The van der Waals surface area contributed by atoms with Crippen LogP contribution in [0.2, 0.25) is 0 Å². The molecule has 1 N–H and O–H groups in total. The molecule has 0 heterocycles. The Balaban J connectivity index is 2.05. The maximum atomic E-state index is 14.6. The van der Waals surface area contributed by atoms with E-state index in [-0.39, 0.29) is 24.6 Å². The Morgan fingerprint density at radius 2 is 1.59 bits per heavy atom. The molecule has 3 rings (SSSR count). The first-order chi connectivity index (χ1) is 17.6. The highest BCUT2D eigenvalue weighted by molar-refractivity contribution is 7.92. The normalized spacial score (nSPS) is 12.0. The lowest BCUT2D eigenvalue weighted by Gasteiger charge is -2.33. The minimum Gasteiger partial charge on any atom is -0.355 e. The number of nitrogens with one attached hydrogen (secondary N) is 1. The maximum absolute atomic E-state index is 14.6. The van der Waals surface area contributed by atoms with Crippen molar-refractivity contribution in [3.8, 4) is 0 Å². The van der Waals surface area contributed by atoms with Gasteiger partial charge in [0.25, 0.3) is 0 Å². The Morgan fingerprint density at radius 1 is 0.946 bits per heavy atom. The topological polar surface area (TPSA) is 86.8 Å². The van der Waals surface area contributed by atoms with Gasteiger partial charge in [0.05, 0.1) is 11.9 Å². The van der Waals surface area contributed by atoms with Crippen LogP contribution >= 0.6 is 0 Å². The van der Waals surface area contributed by atoms with Crippen molar-refractivity contribution in [1.82, 2.24) is 10.2 Å². The second-order valence-electron chi connectivity index (χ2n) is 8.83. The van der Waals surface area contributed by atoms with Gasteiger partial charge in [-0.2, -0.15) is 0 Å². The van der Waals surface area contributed by atoms with Gasteiger partial charge in [-0.05, 0) is 37.1 Å². The number of carbonyl (C=O) groups excluding carboxylic acids is 2. The fourth-order valence-corrected chi connectivity index (χ4v) is 4.95. The standard InChI is InChI=1S/C28H32FN3O4S/c1-4-30-28(34)26(18-22-12-6-5-7-13-22)31(19-23-14-10-11-21(2)17-23)27(33)20-32(37(3,35)36)25-16-9-8-15-24(25)29/h5-17,26H,4,18-20H2,1-3H3,(H,30,34). The summed E-state index contributed by atoms with van der Waals surface area (Å²) < 4.78 is 40.6. The average molecular weight is 526 g/mol. The van der Waals surface area contributed by atoms with E-state index in [1.807, 2.05) is 61.5 Å². The van der Waals surface area contributed by atoms with E-state index in [0.29, 0.717) is 6.54 Å². The highest BCUT2D eigenvalue weighted by Crippen LogP contribution is 2.23. The number of likely N-dealkylation sites (N-methyl/N-ethyl adjacent to an activating group) is 1. The molecule has 0 aliphatic rings. The van der Waals surface area contributed by atoms with Crippen LogP contribution in [0.1, 0.15) is 23.6 Å². The Bertz CT molecular complexity index is 1330. The second-order valence-corrected chi connectivity index (χ2v) is 10.7. The lowest BCUT2D eigenvalue weighted by Crippen LogP contribution is -2.53. The molecule has 37 heavy (non-hydrogen) atoms. The minimum atomic E-state index is -4.02. The van der Waals surface area contributed by atoms with Crippen LogP contribution in [0, 0.1) is 12.7 Å². The van der Waals surface area contributed by atoms with Crippen LogP contribution in [0.15, 0.2) is 78.9 Å². The highest BCUT2D eigenvalue weighted by atomic mass is 32.2. The Labute approximate surface area is 218 Å². The third-order valence-corrected chi connectivity index (χ3v) is 6.98. The predicted octanol–water partition coefficient (Wildman–Crippen LogP) is 3.68. The van der Waals surface area contributed by atoms with Crippen molar-refractivity contribution in [3.05, 3.63) is 101 Å². The first kappa shape index (κ1) is 27.9. The first-order valence-electron chi connectivity index (χ1n) is 12.0. The highest BCUT2D eigenvalue weighted by Gasteiger charge is 2.33. The molecule has 196 valence electrons. The minimum absolute atomic E-state index is 0.0734. The van der Waals surface area contributed by atoms with Gasteiger partial charge in [0, 0.05) is 19.5 Å².